The highest BCUT2D eigenvalue weighted by Gasteiger charge is 2.10. The van der Waals surface area contributed by atoms with Gasteiger partial charge in [-0.15, -0.1) is 0 Å². The van der Waals surface area contributed by atoms with Crippen molar-refractivity contribution in [2.45, 2.75) is 6.42 Å². The molecule has 90 valence electrons. The van der Waals surface area contributed by atoms with Gasteiger partial charge in [-0.2, -0.15) is 0 Å². The quantitative estimate of drug-likeness (QED) is 0.809. The molecule has 0 fully saturated rings. The Morgan fingerprint density at radius 3 is 2.76 bits per heavy atom. The molecule has 2 aromatic rings. The lowest BCUT2D eigenvalue weighted by Gasteiger charge is -2.11. The SMILES string of the molecule is CN(C)NC(=O)Cc1cn(C)c2ccccc12. The second kappa shape index (κ2) is 4.59. The second-order valence-corrected chi connectivity index (χ2v) is 4.39. The van der Waals surface area contributed by atoms with Crippen molar-refractivity contribution in [1.82, 2.24) is 15.0 Å². The fourth-order valence-electron chi connectivity index (χ4n) is 2.03. The summed E-state index contributed by atoms with van der Waals surface area (Å²) in [5.41, 5.74) is 4.96. The molecule has 0 saturated carbocycles. The first-order chi connectivity index (χ1) is 8.08. The molecule has 1 amide bonds. The van der Waals surface area contributed by atoms with Gasteiger partial charge in [-0.3, -0.25) is 10.2 Å². The van der Waals surface area contributed by atoms with Crippen LogP contribution in [0.2, 0.25) is 0 Å². The summed E-state index contributed by atoms with van der Waals surface area (Å²) in [6.45, 7) is 0. The van der Waals surface area contributed by atoms with Gasteiger partial charge in [0.25, 0.3) is 0 Å². The van der Waals surface area contributed by atoms with Crippen molar-refractivity contribution in [3.63, 3.8) is 0 Å². The molecule has 0 atom stereocenters. The first-order valence-electron chi connectivity index (χ1n) is 5.57. The van der Waals surface area contributed by atoms with E-state index in [2.05, 4.69) is 11.5 Å². The number of carbonyl (C=O) groups is 1. The molecule has 0 unspecified atom stereocenters. The summed E-state index contributed by atoms with van der Waals surface area (Å²) < 4.78 is 2.05. The van der Waals surface area contributed by atoms with Gasteiger partial charge in [-0.1, -0.05) is 18.2 Å². The third-order valence-electron chi connectivity index (χ3n) is 2.68. The Morgan fingerprint density at radius 1 is 1.35 bits per heavy atom. The van der Waals surface area contributed by atoms with Crippen LogP contribution in [0, 0.1) is 0 Å². The average Bonchev–Trinajstić information content (AvgIpc) is 2.55. The minimum Gasteiger partial charge on any atom is -0.350 e. The number of nitrogens with one attached hydrogen (secondary N) is 1. The van der Waals surface area contributed by atoms with Crippen LogP contribution in [-0.4, -0.2) is 29.6 Å². The lowest BCUT2D eigenvalue weighted by Crippen LogP contribution is -2.37. The van der Waals surface area contributed by atoms with Crippen LogP contribution in [0.4, 0.5) is 0 Å². The maximum absolute atomic E-state index is 11.7. The second-order valence-electron chi connectivity index (χ2n) is 4.39. The van der Waals surface area contributed by atoms with E-state index in [-0.39, 0.29) is 5.91 Å². The predicted octanol–water partition coefficient (Wildman–Crippen LogP) is 1.31. The molecule has 0 radical (unpaired) electrons. The lowest BCUT2D eigenvalue weighted by molar-refractivity contribution is -0.124. The van der Waals surface area contributed by atoms with E-state index < -0.39 is 0 Å². The van der Waals surface area contributed by atoms with E-state index in [4.69, 9.17) is 0 Å². The number of fused-ring (bicyclic) bond motifs is 1. The largest absolute Gasteiger partial charge is 0.350 e. The third-order valence-corrected chi connectivity index (χ3v) is 2.68. The number of aryl methyl sites for hydroxylation is 1. The third kappa shape index (κ3) is 2.47. The fourth-order valence-corrected chi connectivity index (χ4v) is 2.03. The summed E-state index contributed by atoms with van der Waals surface area (Å²) in [7, 11) is 5.61. The summed E-state index contributed by atoms with van der Waals surface area (Å²) in [6, 6.07) is 8.11. The van der Waals surface area contributed by atoms with Crippen LogP contribution in [0.25, 0.3) is 10.9 Å². The highest BCUT2D eigenvalue weighted by atomic mass is 16.2. The van der Waals surface area contributed by atoms with Crippen molar-refractivity contribution in [2.75, 3.05) is 14.1 Å². The molecule has 0 saturated heterocycles. The summed E-state index contributed by atoms with van der Waals surface area (Å²) in [6.07, 6.45) is 2.42. The number of rotatable bonds is 3. The van der Waals surface area contributed by atoms with Gasteiger partial charge < -0.3 is 4.57 Å². The zero-order chi connectivity index (χ0) is 12.4. The molecular formula is C13H17N3O. The smallest absolute Gasteiger partial charge is 0.238 e. The van der Waals surface area contributed by atoms with Gasteiger partial charge in [0.15, 0.2) is 0 Å². The Balaban J connectivity index is 2.27. The fraction of sp³-hybridized carbons (Fsp3) is 0.308. The zero-order valence-electron chi connectivity index (χ0n) is 10.4. The van der Waals surface area contributed by atoms with Crippen LogP contribution >= 0.6 is 0 Å². The minimum absolute atomic E-state index is 0.00588. The standard InChI is InChI=1S/C13H17N3O/c1-15(2)14-13(17)8-10-9-16(3)12-7-5-4-6-11(10)12/h4-7,9H,8H2,1-3H3,(H,14,17). The molecule has 4 nitrogen and oxygen atoms in total. The van der Waals surface area contributed by atoms with E-state index in [9.17, 15) is 4.79 Å². The Bertz CT molecular complexity index is 543. The molecule has 2 rings (SSSR count). The van der Waals surface area contributed by atoms with Crippen LogP contribution in [0.3, 0.4) is 0 Å². The van der Waals surface area contributed by atoms with E-state index >= 15 is 0 Å². The molecule has 0 spiro atoms. The molecular weight excluding hydrogens is 214 g/mol. The van der Waals surface area contributed by atoms with Crippen molar-refractivity contribution >= 4 is 16.8 Å². The molecule has 1 aromatic heterocycles. The van der Waals surface area contributed by atoms with Gasteiger partial charge >= 0.3 is 0 Å². The molecule has 1 aromatic carbocycles. The Morgan fingerprint density at radius 2 is 2.06 bits per heavy atom. The number of hydrogen-bond donors (Lipinski definition) is 1. The van der Waals surface area contributed by atoms with Gasteiger partial charge in [0.2, 0.25) is 5.91 Å². The highest BCUT2D eigenvalue weighted by Crippen LogP contribution is 2.20. The van der Waals surface area contributed by atoms with E-state index in [0.717, 1.165) is 16.5 Å². The molecule has 4 heteroatoms. The van der Waals surface area contributed by atoms with Gasteiger partial charge in [0.05, 0.1) is 6.42 Å². The number of amides is 1. The highest BCUT2D eigenvalue weighted by molar-refractivity contribution is 5.89. The number of nitrogens with zero attached hydrogens (tertiary/aromatic N) is 2. The Hall–Kier alpha value is -1.81. The van der Waals surface area contributed by atoms with Crippen LogP contribution in [0.5, 0.6) is 0 Å². The normalized spacial score (nSPS) is 11.1. The van der Waals surface area contributed by atoms with E-state index in [1.54, 1.807) is 19.1 Å². The molecule has 0 aliphatic carbocycles. The van der Waals surface area contributed by atoms with Gasteiger partial charge in [0.1, 0.15) is 0 Å². The Labute approximate surface area is 101 Å². The number of hydrogen-bond acceptors (Lipinski definition) is 2. The van der Waals surface area contributed by atoms with Crippen molar-refractivity contribution in [3.05, 3.63) is 36.0 Å². The molecule has 0 aliphatic rings. The summed E-state index contributed by atoms with van der Waals surface area (Å²) in [4.78, 5) is 11.7. The molecule has 0 bridgehead atoms. The molecule has 17 heavy (non-hydrogen) atoms. The number of carbonyl (C=O) groups excluding carboxylic acids is 1. The predicted molar refractivity (Wildman–Crippen MR) is 68.5 cm³/mol. The summed E-state index contributed by atoms with van der Waals surface area (Å²) in [5, 5.41) is 2.80. The van der Waals surface area contributed by atoms with Crippen LogP contribution in [0.15, 0.2) is 30.5 Å². The first kappa shape index (κ1) is 11.7. The average molecular weight is 231 g/mol. The van der Waals surface area contributed by atoms with E-state index in [0.29, 0.717) is 6.42 Å². The van der Waals surface area contributed by atoms with Crippen molar-refractivity contribution in [3.8, 4) is 0 Å². The molecule has 1 heterocycles. The molecule has 0 aliphatic heterocycles. The number of para-hydroxylation sites is 1. The Kier molecular flexibility index (Phi) is 3.15. The van der Waals surface area contributed by atoms with Crippen molar-refractivity contribution < 1.29 is 4.79 Å². The first-order valence-corrected chi connectivity index (χ1v) is 5.57. The number of hydrazine groups is 1. The van der Waals surface area contributed by atoms with Gasteiger partial charge in [-0.25, -0.2) is 5.01 Å². The van der Waals surface area contributed by atoms with Gasteiger partial charge in [0, 0.05) is 38.2 Å². The molecule has 1 N–H and O–H groups in total. The zero-order valence-corrected chi connectivity index (χ0v) is 10.4. The van der Waals surface area contributed by atoms with Gasteiger partial charge in [-0.05, 0) is 11.6 Å². The summed E-state index contributed by atoms with van der Waals surface area (Å²) in [5.74, 6) is 0.00588. The summed E-state index contributed by atoms with van der Waals surface area (Å²) >= 11 is 0. The maximum Gasteiger partial charge on any atom is 0.238 e. The van der Waals surface area contributed by atoms with Crippen LogP contribution < -0.4 is 5.43 Å². The van der Waals surface area contributed by atoms with Crippen molar-refractivity contribution in [1.29, 1.82) is 0 Å². The van der Waals surface area contributed by atoms with Crippen LogP contribution in [-0.2, 0) is 18.3 Å². The topological polar surface area (TPSA) is 37.3 Å². The lowest BCUT2D eigenvalue weighted by atomic mass is 10.1. The van der Waals surface area contributed by atoms with E-state index in [1.165, 1.54) is 0 Å². The van der Waals surface area contributed by atoms with E-state index in [1.807, 2.05) is 36.0 Å². The maximum atomic E-state index is 11.7. The van der Waals surface area contributed by atoms with Crippen molar-refractivity contribution in [2.24, 2.45) is 7.05 Å². The van der Waals surface area contributed by atoms with Crippen LogP contribution in [0.1, 0.15) is 5.56 Å². The minimum atomic E-state index is 0.00588. The number of benzene rings is 1. The number of aromatic nitrogens is 1. The monoisotopic (exact) mass is 231 g/mol.